The minimum absolute atomic E-state index is 0.0887. The maximum Gasteiger partial charge on any atom is 0.498 e. The molecule has 1 aromatic heterocycles. The Labute approximate surface area is 184 Å². The molecule has 2 aliphatic carbocycles. The van der Waals surface area contributed by atoms with Crippen molar-refractivity contribution in [3.8, 4) is 0 Å². The summed E-state index contributed by atoms with van der Waals surface area (Å²) in [6, 6.07) is 0. The Kier molecular flexibility index (Phi) is 5.94. The molecular formula is C25H43BN2O2. The molecule has 1 saturated heterocycles. The first-order chi connectivity index (χ1) is 14.0. The van der Waals surface area contributed by atoms with Crippen molar-refractivity contribution in [2.75, 3.05) is 0 Å². The van der Waals surface area contributed by atoms with Crippen LogP contribution < -0.4 is 5.46 Å². The van der Waals surface area contributed by atoms with Crippen molar-refractivity contribution in [1.29, 1.82) is 0 Å². The molecule has 0 radical (unpaired) electrons. The molecule has 3 fully saturated rings. The molecule has 1 aliphatic heterocycles. The van der Waals surface area contributed by atoms with E-state index < -0.39 is 0 Å². The molecule has 3 atom stereocenters. The van der Waals surface area contributed by atoms with Crippen LogP contribution in [-0.4, -0.2) is 28.1 Å². The van der Waals surface area contributed by atoms with Gasteiger partial charge in [-0.15, -0.1) is 0 Å². The smallest absolute Gasteiger partial charge is 0.399 e. The van der Waals surface area contributed by atoms with E-state index in [9.17, 15) is 0 Å². The third-order valence-electron chi connectivity index (χ3n) is 8.94. The third kappa shape index (κ3) is 4.13. The van der Waals surface area contributed by atoms with E-state index in [0.717, 1.165) is 11.4 Å². The van der Waals surface area contributed by atoms with Gasteiger partial charge < -0.3 is 9.31 Å². The van der Waals surface area contributed by atoms with E-state index >= 15 is 0 Å². The Balaban J connectivity index is 1.52. The molecule has 0 aromatic carbocycles. The molecule has 30 heavy (non-hydrogen) atoms. The largest absolute Gasteiger partial charge is 0.498 e. The fourth-order valence-electron chi connectivity index (χ4n) is 6.32. The minimum Gasteiger partial charge on any atom is -0.399 e. The molecule has 1 aromatic rings. The molecule has 0 amide bonds. The summed E-state index contributed by atoms with van der Waals surface area (Å²) in [6.07, 6.45) is 19.3. The average molecular weight is 414 g/mol. The minimum atomic E-state index is -0.325. The maximum absolute atomic E-state index is 6.27. The zero-order valence-electron chi connectivity index (χ0n) is 20.3. The lowest BCUT2D eigenvalue weighted by Gasteiger charge is -2.32. The summed E-state index contributed by atoms with van der Waals surface area (Å²) in [5.41, 5.74) is 0.952. The molecule has 5 heteroatoms. The van der Waals surface area contributed by atoms with Gasteiger partial charge in [-0.05, 0) is 71.6 Å². The summed E-state index contributed by atoms with van der Waals surface area (Å²) in [5, 5.41) is 4.85. The van der Waals surface area contributed by atoms with Gasteiger partial charge in [-0.3, -0.25) is 4.68 Å². The van der Waals surface area contributed by atoms with Gasteiger partial charge in [-0.2, -0.15) is 5.10 Å². The van der Waals surface area contributed by atoms with Gasteiger partial charge in [0, 0.05) is 17.9 Å². The number of fused-ring (bicyclic) bond motifs is 1. The number of aromatic nitrogens is 2. The maximum atomic E-state index is 6.27. The van der Waals surface area contributed by atoms with Gasteiger partial charge in [0.2, 0.25) is 0 Å². The van der Waals surface area contributed by atoms with Crippen LogP contribution in [0.1, 0.15) is 112 Å². The highest BCUT2D eigenvalue weighted by atomic mass is 16.7. The van der Waals surface area contributed by atoms with Crippen LogP contribution in [0, 0.1) is 11.3 Å². The summed E-state index contributed by atoms with van der Waals surface area (Å²) in [4.78, 5) is 0. The van der Waals surface area contributed by atoms with Crippen LogP contribution in [0.5, 0.6) is 0 Å². The Bertz CT molecular complexity index is 729. The summed E-state index contributed by atoms with van der Waals surface area (Å²) in [5.74, 6) is 0.810. The summed E-state index contributed by atoms with van der Waals surface area (Å²) < 4.78 is 14.8. The van der Waals surface area contributed by atoms with E-state index in [1.807, 2.05) is 6.20 Å². The Morgan fingerprint density at radius 2 is 1.50 bits per heavy atom. The lowest BCUT2D eigenvalue weighted by atomic mass is 9.73. The van der Waals surface area contributed by atoms with Crippen LogP contribution in [0.15, 0.2) is 12.4 Å². The lowest BCUT2D eigenvalue weighted by Crippen LogP contribution is -2.41. The summed E-state index contributed by atoms with van der Waals surface area (Å²) in [6.45, 7) is 13.4. The Morgan fingerprint density at radius 3 is 2.17 bits per heavy atom. The lowest BCUT2D eigenvalue weighted by molar-refractivity contribution is 0.00578. The molecule has 2 heterocycles. The van der Waals surface area contributed by atoms with E-state index in [1.54, 1.807) is 0 Å². The monoisotopic (exact) mass is 414 g/mol. The summed E-state index contributed by atoms with van der Waals surface area (Å²) in [7, 11) is -0.325. The van der Waals surface area contributed by atoms with Crippen LogP contribution >= 0.6 is 0 Å². The molecule has 4 rings (SSSR count). The van der Waals surface area contributed by atoms with Gasteiger partial charge in [-0.25, -0.2) is 0 Å². The van der Waals surface area contributed by atoms with Gasteiger partial charge in [-0.1, -0.05) is 51.9 Å². The molecule has 0 N–H and O–H groups in total. The van der Waals surface area contributed by atoms with Gasteiger partial charge >= 0.3 is 7.12 Å². The average Bonchev–Trinajstić information content (AvgIpc) is 3.28. The van der Waals surface area contributed by atoms with E-state index in [0.29, 0.717) is 5.41 Å². The predicted molar refractivity (Wildman–Crippen MR) is 124 cm³/mol. The fraction of sp³-hybridized carbons (Fsp3) is 0.880. The van der Waals surface area contributed by atoms with Gasteiger partial charge in [0.1, 0.15) is 0 Å². The first-order valence-electron chi connectivity index (χ1n) is 12.5. The van der Waals surface area contributed by atoms with Crippen molar-refractivity contribution >= 4 is 12.6 Å². The van der Waals surface area contributed by atoms with Crippen LogP contribution in [0.4, 0.5) is 0 Å². The molecule has 2 saturated carbocycles. The number of nitrogens with zero attached hydrogens (tertiary/aromatic N) is 2. The molecule has 3 aliphatic rings. The van der Waals surface area contributed by atoms with Gasteiger partial charge in [0.25, 0.3) is 0 Å². The number of rotatable bonds is 2. The van der Waals surface area contributed by atoms with Crippen molar-refractivity contribution in [3.05, 3.63) is 12.4 Å². The second-order valence-electron chi connectivity index (χ2n) is 12.0. The normalized spacial score (nSPS) is 37.0. The quantitative estimate of drug-likeness (QED) is 0.571. The fourth-order valence-corrected chi connectivity index (χ4v) is 6.32. The Morgan fingerprint density at radius 1 is 0.900 bits per heavy atom. The van der Waals surface area contributed by atoms with Crippen molar-refractivity contribution in [1.82, 2.24) is 9.78 Å². The van der Waals surface area contributed by atoms with Crippen LogP contribution in [0.25, 0.3) is 0 Å². The topological polar surface area (TPSA) is 36.3 Å². The summed E-state index contributed by atoms with van der Waals surface area (Å²) >= 11 is 0. The van der Waals surface area contributed by atoms with Crippen LogP contribution in [-0.2, 0) is 14.8 Å². The molecule has 168 valence electrons. The third-order valence-corrected chi connectivity index (χ3v) is 8.94. The van der Waals surface area contributed by atoms with Crippen LogP contribution in [0.2, 0.25) is 0 Å². The molecule has 4 nitrogen and oxygen atoms in total. The standard InChI is InChI=1S/C25H43BN2O2/c1-22(2)23(3,4)30-26(29-22)21-17-27-28(18-21)25(6)16-20-14-12-10-8-7-9-11-13-15-24(20,5)19-25/h17-18,20H,7-16,19H2,1-6H3. The molecule has 0 bridgehead atoms. The van der Waals surface area contributed by atoms with Crippen LogP contribution in [0.3, 0.4) is 0 Å². The molecule has 0 spiro atoms. The predicted octanol–water partition coefficient (Wildman–Crippen LogP) is 5.84. The van der Waals surface area contributed by atoms with E-state index in [1.165, 1.54) is 70.6 Å². The van der Waals surface area contributed by atoms with Gasteiger partial charge in [0.05, 0.1) is 16.7 Å². The first-order valence-corrected chi connectivity index (χ1v) is 12.5. The second-order valence-corrected chi connectivity index (χ2v) is 12.0. The highest BCUT2D eigenvalue weighted by Crippen LogP contribution is 2.56. The Hall–Kier alpha value is -0.805. The van der Waals surface area contributed by atoms with Gasteiger partial charge in [0.15, 0.2) is 0 Å². The SMILES string of the molecule is CC12CCCCCCCCCC1CC(C)(n1cc(B3OC(C)(C)C(C)(C)O3)cn1)C2. The highest BCUT2D eigenvalue weighted by Gasteiger charge is 2.53. The zero-order chi connectivity index (χ0) is 21.6. The van der Waals surface area contributed by atoms with Crippen molar-refractivity contribution < 1.29 is 9.31 Å². The first kappa shape index (κ1) is 22.4. The second kappa shape index (κ2) is 7.96. The highest BCUT2D eigenvalue weighted by molar-refractivity contribution is 6.62. The van der Waals surface area contributed by atoms with Crippen molar-refractivity contribution in [2.24, 2.45) is 11.3 Å². The molecular weight excluding hydrogens is 371 g/mol. The van der Waals surface area contributed by atoms with Crippen molar-refractivity contribution in [2.45, 2.75) is 129 Å². The molecule has 3 unspecified atom stereocenters. The number of hydrogen-bond acceptors (Lipinski definition) is 3. The number of hydrogen-bond donors (Lipinski definition) is 0. The van der Waals surface area contributed by atoms with E-state index in [-0.39, 0.29) is 23.9 Å². The van der Waals surface area contributed by atoms with E-state index in [2.05, 4.69) is 52.4 Å². The van der Waals surface area contributed by atoms with Crippen molar-refractivity contribution in [3.63, 3.8) is 0 Å². The zero-order valence-corrected chi connectivity index (χ0v) is 20.3. The van der Waals surface area contributed by atoms with E-state index in [4.69, 9.17) is 14.4 Å².